The van der Waals surface area contributed by atoms with Crippen LogP contribution < -0.4 is 10.6 Å². The summed E-state index contributed by atoms with van der Waals surface area (Å²) < 4.78 is 0. The molecule has 0 saturated heterocycles. The first-order valence-electron chi connectivity index (χ1n) is 5.37. The molecule has 1 aliphatic rings. The lowest BCUT2D eigenvalue weighted by Crippen LogP contribution is -2.38. The maximum Gasteiger partial charge on any atom is 0.242 e. The second kappa shape index (κ2) is 4.71. The Morgan fingerprint density at radius 2 is 2.38 bits per heavy atom. The van der Waals surface area contributed by atoms with Gasteiger partial charge in [-0.1, -0.05) is 18.2 Å². The van der Waals surface area contributed by atoms with Gasteiger partial charge in [0.2, 0.25) is 5.91 Å². The largest absolute Gasteiger partial charge is 0.373 e. The van der Waals surface area contributed by atoms with E-state index >= 15 is 0 Å². The van der Waals surface area contributed by atoms with E-state index in [0.717, 1.165) is 12.1 Å². The SMILES string of the molecule is C#CCCNC(=O)[C@@H]1Cc2ccccc2N1. The van der Waals surface area contributed by atoms with Gasteiger partial charge >= 0.3 is 0 Å². The van der Waals surface area contributed by atoms with Crippen LogP contribution in [0.1, 0.15) is 12.0 Å². The van der Waals surface area contributed by atoms with Gasteiger partial charge in [-0.2, -0.15) is 0 Å². The molecule has 1 heterocycles. The van der Waals surface area contributed by atoms with Crippen molar-refractivity contribution in [2.45, 2.75) is 18.9 Å². The fourth-order valence-corrected chi connectivity index (χ4v) is 1.84. The smallest absolute Gasteiger partial charge is 0.242 e. The fourth-order valence-electron chi connectivity index (χ4n) is 1.84. The van der Waals surface area contributed by atoms with Gasteiger partial charge in [0.25, 0.3) is 0 Å². The minimum Gasteiger partial charge on any atom is -0.373 e. The lowest BCUT2D eigenvalue weighted by molar-refractivity contribution is -0.121. The predicted molar refractivity (Wildman–Crippen MR) is 64.0 cm³/mol. The van der Waals surface area contributed by atoms with Crippen molar-refractivity contribution in [1.29, 1.82) is 0 Å². The number of rotatable bonds is 3. The molecule has 0 radical (unpaired) electrons. The van der Waals surface area contributed by atoms with E-state index in [2.05, 4.69) is 16.6 Å². The van der Waals surface area contributed by atoms with Crippen LogP contribution in [0.2, 0.25) is 0 Å². The third-order valence-corrected chi connectivity index (χ3v) is 2.66. The average Bonchev–Trinajstić information content (AvgIpc) is 2.73. The molecule has 0 saturated carbocycles. The second-order valence-electron chi connectivity index (χ2n) is 3.80. The minimum absolute atomic E-state index is 0.0199. The summed E-state index contributed by atoms with van der Waals surface area (Å²) >= 11 is 0. The normalized spacial score (nSPS) is 17.1. The molecule has 2 rings (SSSR count). The molecule has 3 nitrogen and oxygen atoms in total. The highest BCUT2D eigenvalue weighted by molar-refractivity contribution is 5.87. The van der Waals surface area contributed by atoms with E-state index in [9.17, 15) is 4.79 Å². The van der Waals surface area contributed by atoms with Crippen LogP contribution in [0.15, 0.2) is 24.3 Å². The summed E-state index contributed by atoms with van der Waals surface area (Å²) in [5, 5.41) is 6.01. The molecular weight excluding hydrogens is 200 g/mol. The Hall–Kier alpha value is -1.95. The monoisotopic (exact) mass is 214 g/mol. The van der Waals surface area contributed by atoms with Crippen LogP contribution in [-0.4, -0.2) is 18.5 Å². The predicted octanol–water partition coefficient (Wildman–Crippen LogP) is 1.16. The number of fused-ring (bicyclic) bond motifs is 1. The first kappa shape index (κ1) is 10.6. The highest BCUT2D eigenvalue weighted by atomic mass is 16.2. The number of hydrogen-bond acceptors (Lipinski definition) is 2. The molecule has 16 heavy (non-hydrogen) atoms. The molecule has 1 aromatic carbocycles. The van der Waals surface area contributed by atoms with Gasteiger partial charge in [0.15, 0.2) is 0 Å². The molecule has 0 aliphatic carbocycles. The van der Waals surface area contributed by atoms with Crippen molar-refractivity contribution in [3.05, 3.63) is 29.8 Å². The third kappa shape index (κ3) is 2.17. The van der Waals surface area contributed by atoms with Gasteiger partial charge < -0.3 is 10.6 Å². The van der Waals surface area contributed by atoms with E-state index in [1.165, 1.54) is 5.56 Å². The summed E-state index contributed by atoms with van der Waals surface area (Å²) in [6.45, 7) is 0.545. The van der Waals surface area contributed by atoms with Crippen LogP contribution in [0, 0.1) is 12.3 Å². The number of benzene rings is 1. The Morgan fingerprint density at radius 3 is 3.12 bits per heavy atom. The van der Waals surface area contributed by atoms with Crippen molar-refractivity contribution in [3.8, 4) is 12.3 Å². The lowest BCUT2D eigenvalue weighted by Gasteiger charge is -2.10. The van der Waals surface area contributed by atoms with Crippen molar-refractivity contribution in [2.75, 3.05) is 11.9 Å². The molecule has 1 amide bonds. The number of amides is 1. The quantitative estimate of drug-likeness (QED) is 0.585. The van der Waals surface area contributed by atoms with E-state index in [-0.39, 0.29) is 11.9 Å². The maximum absolute atomic E-state index is 11.7. The zero-order chi connectivity index (χ0) is 11.4. The lowest BCUT2D eigenvalue weighted by atomic mass is 10.1. The molecule has 3 heteroatoms. The summed E-state index contributed by atoms with van der Waals surface area (Å²) in [6.07, 6.45) is 6.44. The van der Waals surface area contributed by atoms with Gasteiger partial charge in [0, 0.05) is 25.1 Å². The van der Waals surface area contributed by atoms with Crippen molar-refractivity contribution < 1.29 is 4.79 Å². The summed E-state index contributed by atoms with van der Waals surface area (Å²) in [5.74, 6) is 2.52. The van der Waals surface area contributed by atoms with Gasteiger partial charge in [-0.05, 0) is 11.6 Å². The zero-order valence-electron chi connectivity index (χ0n) is 8.99. The van der Waals surface area contributed by atoms with E-state index < -0.39 is 0 Å². The van der Waals surface area contributed by atoms with Crippen molar-refractivity contribution in [3.63, 3.8) is 0 Å². The number of carbonyl (C=O) groups excluding carboxylic acids is 1. The molecule has 0 unspecified atom stereocenters. The summed E-state index contributed by atoms with van der Waals surface area (Å²) in [7, 11) is 0. The number of para-hydroxylation sites is 1. The van der Waals surface area contributed by atoms with Gasteiger partial charge in [0.05, 0.1) is 0 Å². The molecular formula is C13H14N2O. The highest BCUT2D eigenvalue weighted by Gasteiger charge is 2.25. The average molecular weight is 214 g/mol. The van der Waals surface area contributed by atoms with Crippen LogP contribution in [0.3, 0.4) is 0 Å². The van der Waals surface area contributed by atoms with E-state index in [1.807, 2.05) is 24.3 Å². The third-order valence-electron chi connectivity index (χ3n) is 2.66. The van der Waals surface area contributed by atoms with Crippen molar-refractivity contribution in [2.24, 2.45) is 0 Å². The van der Waals surface area contributed by atoms with E-state index in [1.54, 1.807) is 0 Å². The Labute approximate surface area is 95.2 Å². The van der Waals surface area contributed by atoms with Crippen LogP contribution in [0.5, 0.6) is 0 Å². The molecule has 1 atom stereocenters. The second-order valence-corrected chi connectivity index (χ2v) is 3.80. The Balaban J connectivity index is 1.91. The molecule has 0 aromatic heterocycles. The minimum atomic E-state index is -0.157. The van der Waals surface area contributed by atoms with Gasteiger partial charge in [0.1, 0.15) is 6.04 Å². The number of hydrogen-bond donors (Lipinski definition) is 2. The molecule has 0 fully saturated rings. The van der Waals surface area contributed by atoms with Gasteiger partial charge in [-0.15, -0.1) is 12.3 Å². The Bertz CT molecular complexity index is 409. The van der Waals surface area contributed by atoms with Crippen LogP contribution >= 0.6 is 0 Å². The Morgan fingerprint density at radius 1 is 1.56 bits per heavy atom. The summed E-state index contributed by atoms with van der Waals surface area (Å²) in [4.78, 5) is 11.7. The summed E-state index contributed by atoms with van der Waals surface area (Å²) in [5.41, 5.74) is 2.25. The highest BCUT2D eigenvalue weighted by Crippen LogP contribution is 2.24. The van der Waals surface area contributed by atoms with E-state index in [4.69, 9.17) is 6.42 Å². The summed E-state index contributed by atoms with van der Waals surface area (Å²) in [6, 6.07) is 7.82. The van der Waals surface area contributed by atoms with Crippen LogP contribution in [0.4, 0.5) is 5.69 Å². The number of nitrogens with one attached hydrogen (secondary N) is 2. The standard InChI is InChI=1S/C13H14N2O/c1-2-3-8-14-13(16)12-9-10-6-4-5-7-11(10)15-12/h1,4-7,12,15H,3,8-9H2,(H,14,16)/t12-/m0/s1. The molecule has 82 valence electrons. The molecule has 0 spiro atoms. The first-order valence-corrected chi connectivity index (χ1v) is 5.37. The number of terminal acetylenes is 1. The first-order chi connectivity index (χ1) is 7.81. The molecule has 1 aromatic rings. The number of anilines is 1. The molecule has 0 bridgehead atoms. The topological polar surface area (TPSA) is 41.1 Å². The van der Waals surface area contributed by atoms with Gasteiger partial charge in [-0.25, -0.2) is 0 Å². The van der Waals surface area contributed by atoms with Crippen LogP contribution in [0.25, 0.3) is 0 Å². The number of carbonyl (C=O) groups is 1. The van der Waals surface area contributed by atoms with Gasteiger partial charge in [-0.3, -0.25) is 4.79 Å². The van der Waals surface area contributed by atoms with E-state index in [0.29, 0.717) is 13.0 Å². The zero-order valence-corrected chi connectivity index (χ0v) is 8.99. The molecule has 1 aliphatic heterocycles. The molecule has 2 N–H and O–H groups in total. The van der Waals surface area contributed by atoms with Crippen LogP contribution in [-0.2, 0) is 11.2 Å². The van der Waals surface area contributed by atoms with Crippen molar-refractivity contribution in [1.82, 2.24) is 5.32 Å². The van der Waals surface area contributed by atoms with Crippen molar-refractivity contribution >= 4 is 11.6 Å². The Kier molecular flexibility index (Phi) is 3.11. The maximum atomic E-state index is 11.7. The fraction of sp³-hybridized carbons (Fsp3) is 0.308.